The van der Waals surface area contributed by atoms with Crippen LogP contribution in [-0.4, -0.2) is 49.0 Å². The van der Waals surface area contributed by atoms with Gasteiger partial charge in [-0.15, -0.1) is 0 Å². The van der Waals surface area contributed by atoms with Crippen LogP contribution in [0.2, 0.25) is 0 Å². The lowest BCUT2D eigenvalue weighted by molar-refractivity contribution is -0.208. The average molecular weight is 273 g/mol. The number of hydrogen-bond donors (Lipinski definition) is 2. The normalized spacial score (nSPS) is 26.2. The summed E-state index contributed by atoms with van der Waals surface area (Å²) in [6.45, 7) is 3.19. The van der Waals surface area contributed by atoms with Gasteiger partial charge in [0, 0.05) is 26.0 Å². The van der Waals surface area contributed by atoms with Crippen LogP contribution in [0.3, 0.4) is 0 Å². The first kappa shape index (κ1) is 14.6. The fraction of sp³-hybridized carbons (Fsp3) is 0.923. The van der Waals surface area contributed by atoms with E-state index >= 15 is 0 Å². The van der Waals surface area contributed by atoms with Crippen LogP contribution in [0, 0.1) is 0 Å². The minimum Gasteiger partial charge on any atom is -0.465 e. The first-order valence-electron chi connectivity index (χ1n) is 6.82. The molecule has 1 aliphatic carbocycles. The number of methoxy groups -OCH3 is 1. The predicted molar refractivity (Wildman–Crippen MR) is 68.1 cm³/mol. The molecule has 1 spiro atoms. The molecule has 0 aromatic carbocycles. The van der Waals surface area contributed by atoms with Crippen molar-refractivity contribution >= 4 is 6.09 Å². The Hall–Kier alpha value is -0.850. The minimum absolute atomic E-state index is 0.128. The maximum absolute atomic E-state index is 10.7. The van der Waals surface area contributed by atoms with Crippen molar-refractivity contribution in [2.24, 2.45) is 0 Å². The molecule has 2 N–H and O–H groups in total. The van der Waals surface area contributed by atoms with Crippen LogP contribution < -0.4 is 5.32 Å². The van der Waals surface area contributed by atoms with Crippen molar-refractivity contribution in [2.45, 2.75) is 56.5 Å². The molecular weight excluding hydrogens is 250 g/mol. The third-order valence-corrected chi connectivity index (χ3v) is 4.22. The van der Waals surface area contributed by atoms with Crippen LogP contribution >= 0.6 is 0 Å². The molecule has 0 bridgehead atoms. The summed E-state index contributed by atoms with van der Waals surface area (Å²) in [5.41, 5.74) is -0.275. The second-order valence-corrected chi connectivity index (χ2v) is 5.55. The predicted octanol–water partition coefficient (Wildman–Crippen LogP) is 1.73. The zero-order valence-corrected chi connectivity index (χ0v) is 11.6. The molecule has 110 valence electrons. The first-order valence-corrected chi connectivity index (χ1v) is 6.82. The minimum atomic E-state index is -0.992. The van der Waals surface area contributed by atoms with Gasteiger partial charge < -0.3 is 24.6 Å². The lowest BCUT2D eigenvalue weighted by Crippen LogP contribution is -2.48. The quantitative estimate of drug-likeness (QED) is 0.815. The molecule has 1 amide bonds. The Morgan fingerprint density at radius 2 is 1.89 bits per heavy atom. The summed E-state index contributed by atoms with van der Waals surface area (Å²) in [7, 11) is 1.70. The summed E-state index contributed by atoms with van der Waals surface area (Å²) in [5.74, 6) is -0.411. The van der Waals surface area contributed by atoms with Gasteiger partial charge in [-0.25, -0.2) is 4.79 Å². The van der Waals surface area contributed by atoms with Crippen molar-refractivity contribution < 1.29 is 24.1 Å². The van der Waals surface area contributed by atoms with Crippen molar-refractivity contribution in [3.8, 4) is 0 Å². The fourth-order valence-corrected chi connectivity index (χ4v) is 3.18. The summed E-state index contributed by atoms with van der Waals surface area (Å²) < 4.78 is 17.1. The Labute approximate surface area is 113 Å². The van der Waals surface area contributed by atoms with Gasteiger partial charge in [0.15, 0.2) is 5.79 Å². The standard InChI is InChI=1S/C13H23NO5/c1-10(14-11(15)16)9-12(17-2)3-5-13(6-4-12)18-7-8-19-13/h10,14H,3-9H2,1-2H3,(H,15,16)/t10-/m0/s1. The van der Waals surface area contributed by atoms with E-state index in [1.165, 1.54) is 0 Å². The SMILES string of the molecule is COC1(C[C@H](C)NC(=O)O)CCC2(CC1)OCCO2. The topological polar surface area (TPSA) is 77.0 Å². The summed E-state index contributed by atoms with van der Waals surface area (Å²) in [6, 6.07) is -0.128. The molecule has 0 unspecified atom stereocenters. The van der Waals surface area contributed by atoms with E-state index in [0.717, 1.165) is 25.7 Å². The number of hydrogen-bond acceptors (Lipinski definition) is 4. The number of carbonyl (C=O) groups is 1. The van der Waals surface area contributed by atoms with E-state index in [1.54, 1.807) is 7.11 Å². The molecule has 2 rings (SSSR count). The lowest BCUT2D eigenvalue weighted by atomic mass is 9.77. The van der Waals surface area contributed by atoms with E-state index in [1.807, 2.05) is 6.92 Å². The maximum atomic E-state index is 10.7. The molecule has 1 saturated heterocycles. The zero-order valence-electron chi connectivity index (χ0n) is 11.6. The summed E-state index contributed by atoms with van der Waals surface area (Å²) >= 11 is 0. The molecule has 0 aromatic rings. The van der Waals surface area contributed by atoms with Gasteiger partial charge in [-0.05, 0) is 26.2 Å². The van der Waals surface area contributed by atoms with E-state index in [0.29, 0.717) is 19.6 Å². The molecule has 2 fully saturated rings. The Morgan fingerprint density at radius 1 is 1.32 bits per heavy atom. The van der Waals surface area contributed by atoms with Crippen LogP contribution in [-0.2, 0) is 14.2 Å². The molecule has 1 atom stereocenters. The van der Waals surface area contributed by atoms with Gasteiger partial charge in [0.1, 0.15) is 0 Å². The van der Waals surface area contributed by atoms with Crippen LogP contribution in [0.1, 0.15) is 39.0 Å². The van der Waals surface area contributed by atoms with Gasteiger partial charge in [-0.2, -0.15) is 0 Å². The lowest BCUT2D eigenvalue weighted by Gasteiger charge is -2.43. The largest absolute Gasteiger partial charge is 0.465 e. The number of amides is 1. The van der Waals surface area contributed by atoms with E-state index in [2.05, 4.69) is 5.32 Å². The maximum Gasteiger partial charge on any atom is 0.404 e. The number of rotatable bonds is 4. The van der Waals surface area contributed by atoms with Crippen LogP contribution in [0.4, 0.5) is 4.79 Å². The smallest absolute Gasteiger partial charge is 0.404 e. The second-order valence-electron chi connectivity index (χ2n) is 5.55. The highest BCUT2D eigenvalue weighted by atomic mass is 16.7. The molecule has 1 aliphatic heterocycles. The number of nitrogens with one attached hydrogen (secondary N) is 1. The van der Waals surface area contributed by atoms with Crippen molar-refractivity contribution in [2.75, 3.05) is 20.3 Å². The molecule has 6 nitrogen and oxygen atoms in total. The molecule has 2 aliphatic rings. The highest BCUT2D eigenvalue weighted by Gasteiger charge is 2.46. The van der Waals surface area contributed by atoms with E-state index < -0.39 is 11.9 Å². The summed E-state index contributed by atoms with van der Waals surface area (Å²) in [4.78, 5) is 10.7. The zero-order chi connectivity index (χ0) is 13.9. The average Bonchev–Trinajstić information content (AvgIpc) is 2.81. The molecule has 0 aromatic heterocycles. The third kappa shape index (κ3) is 3.38. The van der Waals surface area contributed by atoms with Gasteiger partial charge >= 0.3 is 6.09 Å². The summed E-state index contributed by atoms with van der Waals surface area (Å²) in [5, 5.41) is 11.2. The van der Waals surface area contributed by atoms with Crippen LogP contribution in [0.5, 0.6) is 0 Å². The van der Waals surface area contributed by atoms with Gasteiger partial charge in [0.2, 0.25) is 0 Å². The van der Waals surface area contributed by atoms with Crippen LogP contribution in [0.15, 0.2) is 0 Å². The monoisotopic (exact) mass is 273 g/mol. The van der Waals surface area contributed by atoms with Crippen molar-refractivity contribution in [1.29, 1.82) is 0 Å². The van der Waals surface area contributed by atoms with Crippen molar-refractivity contribution in [3.63, 3.8) is 0 Å². The number of carboxylic acid groups (broad SMARTS) is 1. The van der Waals surface area contributed by atoms with Crippen molar-refractivity contribution in [3.05, 3.63) is 0 Å². The van der Waals surface area contributed by atoms with Gasteiger partial charge in [-0.3, -0.25) is 0 Å². The molecule has 0 radical (unpaired) electrons. The van der Waals surface area contributed by atoms with Crippen LogP contribution in [0.25, 0.3) is 0 Å². The molecule has 1 heterocycles. The Balaban J connectivity index is 1.91. The van der Waals surface area contributed by atoms with E-state index in [4.69, 9.17) is 19.3 Å². The first-order chi connectivity index (χ1) is 8.99. The highest BCUT2D eigenvalue weighted by Crippen LogP contribution is 2.43. The summed E-state index contributed by atoms with van der Waals surface area (Å²) in [6.07, 6.45) is 2.95. The van der Waals surface area contributed by atoms with Crippen molar-refractivity contribution in [1.82, 2.24) is 5.32 Å². The van der Waals surface area contributed by atoms with E-state index in [9.17, 15) is 4.79 Å². The van der Waals surface area contributed by atoms with Gasteiger partial charge in [-0.1, -0.05) is 0 Å². The number of ether oxygens (including phenoxy) is 3. The molecule has 1 saturated carbocycles. The Bertz CT molecular complexity index is 317. The molecule has 6 heteroatoms. The van der Waals surface area contributed by atoms with Gasteiger partial charge in [0.25, 0.3) is 0 Å². The second kappa shape index (κ2) is 5.64. The van der Waals surface area contributed by atoms with Gasteiger partial charge in [0.05, 0.1) is 18.8 Å². The highest BCUT2D eigenvalue weighted by molar-refractivity contribution is 5.64. The third-order valence-electron chi connectivity index (χ3n) is 4.22. The fourth-order valence-electron chi connectivity index (χ4n) is 3.18. The molecule has 19 heavy (non-hydrogen) atoms. The Kier molecular flexibility index (Phi) is 4.32. The van der Waals surface area contributed by atoms with E-state index in [-0.39, 0.29) is 11.6 Å². The molecular formula is C13H23NO5. The Morgan fingerprint density at radius 3 is 2.37 bits per heavy atom.